The highest BCUT2D eigenvalue weighted by Gasteiger charge is 2.55. The smallest absolute Gasteiger partial charge is 0.413 e. The number of thioether (sulfide) groups is 1. The summed E-state index contributed by atoms with van der Waals surface area (Å²) in [7, 11) is 7.37. The number of β-lactam (4-membered cyclic amide) rings is 1. The molecule has 0 saturated carbocycles. The summed E-state index contributed by atoms with van der Waals surface area (Å²) in [4.78, 5) is 106. The van der Waals surface area contributed by atoms with Crippen molar-refractivity contribution < 1.29 is 56.7 Å². The third-order valence-corrected chi connectivity index (χ3v) is 12.0. The molecule has 2 aromatic rings. The van der Waals surface area contributed by atoms with Gasteiger partial charge in [0.05, 0.1) is 35.6 Å². The predicted molar refractivity (Wildman–Crippen MR) is 232 cm³/mol. The fourth-order valence-electron chi connectivity index (χ4n) is 6.75. The van der Waals surface area contributed by atoms with Crippen LogP contribution in [0.3, 0.4) is 0 Å². The number of aromatic nitrogens is 2. The number of aromatic amines is 1. The maximum absolute atomic E-state index is 14.0. The molecule has 24 heteroatoms. The van der Waals surface area contributed by atoms with Gasteiger partial charge in [0.25, 0.3) is 17.7 Å². The molecule has 3 aliphatic heterocycles. The van der Waals surface area contributed by atoms with Crippen LogP contribution >= 0.6 is 32.6 Å². The molecular formula is C38H51BN8O12PS2+. The Kier molecular flexibility index (Phi) is 14.9. The number of quaternary nitrogens is 1. The van der Waals surface area contributed by atoms with Gasteiger partial charge >= 0.3 is 26.1 Å². The van der Waals surface area contributed by atoms with Gasteiger partial charge in [-0.05, 0) is 55.4 Å². The van der Waals surface area contributed by atoms with Crippen molar-refractivity contribution in [3.05, 3.63) is 50.5 Å². The summed E-state index contributed by atoms with van der Waals surface area (Å²) in [5, 5.41) is 12.8. The number of nitrogens with zero attached hydrogens (tertiary/aromatic N) is 4. The lowest BCUT2D eigenvalue weighted by molar-refractivity contribution is -0.911. The lowest BCUT2D eigenvalue weighted by Crippen LogP contribution is -2.71. The number of oxime groups is 1. The number of esters is 1. The number of ether oxygens (including phenoxy) is 2. The largest absolute Gasteiger partial charge is 0.539 e. The molecule has 1 unspecified atom stereocenters. The number of fused-ring (bicyclic) bond motifs is 1. The Bertz CT molecular complexity index is 2210. The molecule has 2 saturated heterocycles. The number of hydrogen-bond donors (Lipinski definition) is 4. The van der Waals surface area contributed by atoms with Crippen LogP contribution in [0, 0.1) is 0 Å². The Balaban J connectivity index is 1.34. The number of carbonyl (C=O) groups is 6. The maximum atomic E-state index is 14.0. The second-order valence-electron chi connectivity index (χ2n) is 17.3. The van der Waals surface area contributed by atoms with Gasteiger partial charge in [0.1, 0.15) is 46.2 Å². The Labute approximate surface area is 369 Å². The van der Waals surface area contributed by atoms with Gasteiger partial charge in [0.2, 0.25) is 11.0 Å². The lowest BCUT2D eigenvalue weighted by Gasteiger charge is -2.50. The molecule has 62 heavy (non-hydrogen) atoms. The first kappa shape index (κ1) is 48.1. The molecule has 0 aliphatic carbocycles. The van der Waals surface area contributed by atoms with Gasteiger partial charge < -0.3 is 43.6 Å². The van der Waals surface area contributed by atoms with E-state index in [1.807, 2.05) is 9.47 Å². The van der Waals surface area contributed by atoms with E-state index in [2.05, 4.69) is 35.7 Å². The van der Waals surface area contributed by atoms with E-state index in [1.165, 1.54) is 42.1 Å². The van der Waals surface area contributed by atoms with Crippen LogP contribution in [-0.2, 0) is 38.1 Å². The Hall–Kier alpha value is -4.99. The van der Waals surface area contributed by atoms with E-state index in [-0.39, 0.29) is 40.3 Å². The quantitative estimate of drug-likeness (QED) is 0.0382. The second kappa shape index (κ2) is 19.2. The molecule has 4 amide bonds. The molecule has 5 rings (SSSR count). The average molecular weight is 918 g/mol. The number of thiazole rings is 1. The first-order chi connectivity index (χ1) is 29.0. The zero-order valence-corrected chi connectivity index (χ0v) is 38.5. The van der Waals surface area contributed by atoms with Crippen LogP contribution in [-0.4, -0.2) is 136 Å². The summed E-state index contributed by atoms with van der Waals surface area (Å²) < 4.78 is 20.8. The minimum absolute atomic E-state index is 0.0251. The molecule has 3 aliphatic rings. The first-order valence-electron chi connectivity index (χ1n) is 19.5. The van der Waals surface area contributed by atoms with Crippen LogP contribution in [0.25, 0.3) is 0 Å². The van der Waals surface area contributed by atoms with E-state index < -0.39 is 75.1 Å². The van der Waals surface area contributed by atoms with Crippen LogP contribution in [0.4, 0.5) is 9.93 Å². The van der Waals surface area contributed by atoms with E-state index in [0.29, 0.717) is 23.1 Å². The number of amides is 4. The molecule has 4 N–H and O–H groups in total. The molecule has 2 radical (unpaired) electrons. The standard InChI is InChI=1S/C38H50BN8O12PS2/c1-36(2,3)55-33(53)38(7,8)59-45-25(22-19-62-34(42-22)44-35(54)56-37(4,5)6)29(50)43-26-30(51)46-27(32(52)57-39)20(18-61-31(26)46)17-47(12-9-10-13-47)14-11-40-28(49)21-15-23(48)24(58-60)16-41-21/h15-16,19,26,31H,9-14,17-18,60H2,1-8H3,(H3-,40,41,42,43,44,48,49,50,54)/p+1/b45-25-/t26-,31-/m1/s1. The third kappa shape index (κ3) is 11.7. The minimum atomic E-state index is -1.68. The highest BCUT2D eigenvalue weighted by Crippen LogP contribution is 2.42. The second-order valence-corrected chi connectivity index (χ2v) is 19.5. The first-order valence-corrected chi connectivity index (χ1v) is 21.9. The number of hydrogen-bond acceptors (Lipinski definition) is 16. The molecule has 0 aromatic carbocycles. The summed E-state index contributed by atoms with van der Waals surface area (Å²) in [5.41, 5.74) is -3.62. The van der Waals surface area contributed by atoms with Gasteiger partial charge in [-0.3, -0.25) is 29.4 Å². The van der Waals surface area contributed by atoms with E-state index in [4.69, 9.17) is 26.9 Å². The van der Waals surface area contributed by atoms with E-state index in [1.54, 1.807) is 41.5 Å². The normalized spacial score (nSPS) is 18.8. The SMILES string of the molecule is [B]OC(=O)C1=C(C[N+]2(CCNC(=O)c3cc(=O)c(OP)c[nH]3)CCCC2)CS[C@@H]2[C@H](NC(=O)/C(=N\OC(C)(C)C(=O)OC(C)(C)C)c3csc(NC(=O)OC(C)(C)C)n3)C(=O)N12. The minimum Gasteiger partial charge on any atom is -0.539 e. The molecule has 3 atom stereocenters. The van der Waals surface area contributed by atoms with Crippen molar-refractivity contribution in [2.45, 2.75) is 96.5 Å². The number of likely N-dealkylation sites (tertiary alicyclic amines) is 1. The molecular weight excluding hydrogens is 866 g/mol. The van der Waals surface area contributed by atoms with Gasteiger partial charge in [-0.1, -0.05) is 5.16 Å². The monoisotopic (exact) mass is 917 g/mol. The van der Waals surface area contributed by atoms with Crippen molar-refractivity contribution in [2.24, 2.45) is 5.16 Å². The zero-order valence-electron chi connectivity index (χ0n) is 35.7. The van der Waals surface area contributed by atoms with Crippen molar-refractivity contribution in [2.75, 3.05) is 43.8 Å². The van der Waals surface area contributed by atoms with Crippen LogP contribution < -0.4 is 25.9 Å². The van der Waals surface area contributed by atoms with E-state index in [0.717, 1.165) is 43.3 Å². The Morgan fingerprint density at radius 3 is 2.34 bits per heavy atom. The number of anilines is 1. The summed E-state index contributed by atoms with van der Waals surface area (Å²) in [6.07, 6.45) is 2.30. The number of carbonyl (C=O) groups excluding carboxylic acids is 6. The van der Waals surface area contributed by atoms with Crippen LogP contribution in [0.5, 0.6) is 5.75 Å². The lowest BCUT2D eigenvalue weighted by atomic mass is 10.0. The topological polar surface area (TPSA) is 246 Å². The fourth-order valence-corrected chi connectivity index (χ4v) is 8.95. The predicted octanol–water partition coefficient (Wildman–Crippen LogP) is 2.51. The molecule has 334 valence electrons. The number of rotatable bonds is 15. The summed E-state index contributed by atoms with van der Waals surface area (Å²) in [6.45, 7) is 15.5. The molecule has 5 heterocycles. The molecule has 0 bridgehead atoms. The third-order valence-electron chi connectivity index (χ3n) is 9.62. The Morgan fingerprint density at radius 1 is 1.05 bits per heavy atom. The zero-order chi connectivity index (χ0) is 45.8. The molecule has 0 spiro atoms. The molecule has 20 nitrogen and oxygen atoms in total. The van der Waals surface area contributed by atoms with Crippen molar-refractivity contribution in [1.29, 1.82) is 0 Å². The van der Waals surface area contributed by atoms with Crippen molar-refractivity contribution in [1.82, 2.24) is 25.5 Å². The van der Waals surface area contributed by atoms with E-state index in [9.17, 15) is 33.6 Å². The summed E-state index contributed by atoms with van der Waals surface area (Å²) in [6, 6.07) is 0.000694. The van der Waals surface area contributed by atoms with Gasteiger partial charge in [-0.15, -0.1) is 23.1 Å². The molecule has 2 fully saturated rings. The fraction of sp³-hybridized carbons (Fsp3) is 0.553. The number of H-pyrrole nitrogens is 1. The van der Waals surface area contributed by atoms with Crippen molar-refractivity contribution in [3.63, 3.8) is 0 Å². The van der Waals surface area contributed by atoms with Crippen LogP contribution in [0.2, 0.25) is 0 Å². The van der Waals surface area contributed by atoms with Gasteiger partial charge in [0, 0.05) is 41.8 Å². The highest BCUT2D eigenvalue weighted by atomic mass is 32.2. The van der Waals surface area contributed by atoms with Crippen molar-refractivity contribution >= 4 is 87.2 Å². The molecule has 2 aromatic heterocycles. The highest BCUT2D eigenvalue weighted by molar-refractivity contribution is 8.00. The van der Waals surface area contributed by atoms with Crippen LogP contribution in [0.1, 0.15) is 84.4 Å². The van der Waals surface area contributed by atoms with Crippen LogP contribution in [0.15, 0.2) is 38.9 Å². The van der Waals surface area contributed by atoms with Gasteiger partial charge in [-0.2, -0.15) is 0 Å². The maximum Gasteiger partial charge on any atom is 0.413 e. The summed E-state index contributed by atoms with van der Waals surface area (Å²) >= 11 is 2.28. The average Bonchev–Trinajstić information content (AvgIpc) is 3.84. The van der Waals surface area contributed by atoms with Crippen molar-refractivity contribution in [3.8, 4) is 5.75 Å². The van der Waals surface area contributed by atoms with Gasteiger partial charge in [0.15, 0.2) is 16.6 Å². The summed E-state index contributed by atoms with van der Waals surface area (Å²) in [5.74, 6) is -3.38. The number of pyridine rings is 1. The van der Waals surface area contributed by atoms with E-state index >= 15 is 0 Å². The Morgan fingerprint density at radius 2 is 1.73 bits per heavy atom. The number of nitrogens with one attached hydrogen (secondary N) is 4. The van der Waals surface area contributed by atoms with Gasteiger partial charge in [-0.25, -0.2) is 19.4 Å².